The number of nitrogens with two attached hydrogens (primary N) is 1. The first-order valence-electron chi connectivity index (χ1n) is 7.40. The van der Waals surface area contributed by atoms with E-state index in [9.17, 15) is 0 Å². The van der Waals surface area contributed by atoms with Gasteiger partial charge < -0.3 is 10.5 Å². The topological polar surface area (TPSA) is 38.5 Å². The van der Waals surface area contributed by atoms with E-state index >= 15 is 0 Å². The van der Waals surface area contributed by atoms with Crippen molar-refractivity contribution in [2.24, 2.45) is 5.73 Å². The Morgan fingerprint density at radius 2 is 1.71 bits per heavy atom. The highest BCUT2D eigenvalue weighted by Gasteiger charge is 2.06. The second kappa shape index (κ2) is 7.81. The zero-order chi connectivity index (χ0) is 15.1. The Labute approximate surface area is 127 Å². The third-order valence-electron chi connectivity index (χ3n) is 3.40. The molecule has 0 unspecified atom stereocenters. The molecule has 2 rings (SSSR count). The summed E-state index contributed by atoms with van der Waals surface area (Å²) in [5.41, 5.74) is 9.37. The minimum Gasteiger partial charge on any atom is -0.494 e. The van der Waals surface area contributed by atoms with Gasteiger partial charge in [0.05, 0.1) is 6.61 Å². The SMILES string of the molecule is CCOc1cc(CN(C)Cc2ccccc2)ccc1CN. The molecule has 0 atom stereocenters. The van der Waals surface area contributed by atoms with E-state index in [0.717, 1.165) is 24.4 Å². The average molecular weight is 284 g/mol. The Hall–Kier alpha value is -1.84. The molecule has 0 heterocycles. The van der Waals surface area contributed by atoms with Crippen LogP contribution in [0.25, 0.3) is 0 Å². The smallest absolute Gasteiger partial charge is 0.124 e. The second-order valence-electron chi connectivity index (χ2n) is 5.24. The molecule has 0 saturated heterocycles. The van der Waals surface area contributed by atoms with Gasteiger partial charge in [-0.05, 0) is 31.2 Å². The van der Waals surface area contributed by atoms with Crippen molar-refractivity contribution in [3.8, 4) is 5.75 Å². The van der Waals surface area contributed by atoms with Crippen LogP contribution in [0.5, 0.6) is 5.75 Å². The highest BCUT2D eigenvalue weighted by molar-refractivity contribution is 5.37. The highest BCUT2D eigenvalue weighted by atomic mass is 16.5. The molecule has 2 N–H and O–H groups in total. The molecular weight excluding hydrogens is 260 g/mol. The molecule has 0 fully saturated rings. The first-order chi connectivity index (χ1) is 10.2. The summed E-state index contributed by atoms with van der Waals surface area (Å²) in [4.78, 5) is 2.29. The van der Waals surface area contributed by atoms with Gasteiger partial charge >= 0.3 is 0 Å². The summed E-state index contributed by atoms with van der Waals surface area (Å²) in [7, 11) is 2.13. The number of hydrogen-bond donors (Lipinski definition) is 1. The maximum atomic E-state index is 5.74. The molecule has 0 aromatic heterocycles. The van der Waals surface area contributed by atoms with Crippen LogP contribution in [0.15, 0.2) is 48.5 Å². The molecule has 0 saturated carbocycles. The van der Waals surface area contributed by atoms with Crippen LogP contribution in [0.1, 0.15) is 23.6 Å². The van der Waals surface area contributed by atoms with E-state index in [0.29, 0.717) is 13.2 Å². The fraction of sp³-hybridized carbons (Fsp3) is 0.333. The first-order valence-corrected chi connectivity index (χ1v) is 7.40. The molecule has 0 spiro atoms. The summed E-state index contributed by atoms with van der Waals surface area (Å²) in [6.07, 6.45) is 0. The van der Waals surface area contributed by atoms with Crippen LogP contribution in [0.2, 0.25) is 0 Å². The zero-order valence-electron chi connectivity index (χ0n) is 12.9. The van der Waals surface area contributed by atoms with E-state index in [4.69, 9.17) is 10.5 Å². The number of rotatable bonds is 7. The predicted molar refractivity (Wildman–Crippen MR) is 87.1 cm³/mol. The van der Waals surface area contributed by atoms with E-state index in [1.165, 1.54) is 11.1 Å². The Balaban J connectivity index is 2.03. The monoisotopic (exact) mass is 284 g/mol. The van der Waals surface area contributed by atoms with E-state index in [-0.39, 0.29) is 0 Å². The van der Waals surface area contributed by atoms with Crippen molar-refractivity contribution >= 4 is 0 Å². The number of hydrogen-bond acceptors (Lipinski definition) is 3. The fourth-order valence-corrected chi connectivity index (χ4v) is 2.42. The Morgan fingerprint density at radius 1 is 1.00 bits per heavy atom. The molecule has 0 amide bonds. The maximum absolute atomic E-state index is 5.74. The quantitative estimate of drug-likeness (QED) is 0.848. The summed E-state index contributed by atoms with van der Waals surface area (Å²) < 4.78 is 5.67. The van der Waals surface area contributed by atoms with Gasteiger partial charge in [-0.1, -0.05) is 42.5 Å². The molecule has 0 aliphatic rings. The lowest BCUT2D eigenvalue weighted by Gasteiger charge is -2.18. The molecule has 0 aliphatic heterocycles. The van der Waals surface area contributed by atoms with Crippen molar-refractivity contribution in [3.05, 3.63) is 65.2 Å². The number of nitrogens with zero attached hydrogens (tertiary/aromatic N) is 1. The van der Waals surface area contributed by atoms with Crippen LogP contribution in [0, 0.1) is 0 Å². The fourth-order valence-electron chi connectivity index (χ4n) is 2.42. The molecule has 3 nitrogen and oxygen atoms in total. The van der Waals surface area contributed by atoms with Crippen molar-refractivity contribution in [1.82, 2.24) is 4.90 Å². The van der Waals surface area contributed by atoms with Crippen LogP contribution >= 0.6 is 0 Å². The van der Waals surface area contributed by atoms with Gasteiger partial charge in [-0.25, -0.2) is 0 Å². The van der Waals surface area contributed by atoms with Gasteiger partial charge in [0, 0.05) is 25.2 Å². The summed E-state index contributed by atoms with van der Waals surface area (Å²) >= 11 is 0. The van der Waals surface area contributed by atoms with Crippen molar-refractivity contribution in [2.45, 2.75) is 26.6 Å². The van der Waals surface area contributed by atoms with Crippen LogP contribution in [-0.4, -0.2) is 18.6 Å². The number of ether oxygens (including phenoxy) is 1. The van der Waals surface area contributed by atoms with Crippen molar-refractivity contribution in [3.63, 3.8) is 0 Å². The normalized spacial score (nSPS) is 10.9. The predicted octanol–water partition coefficient (Wildman–Crippen LogP) is 3.18. The molecule has 21 heavy (non-hydrogen) atoms. The highest BCUT2D eigenvalue weighted by Crippen LogP contribution is 2.21. The molecule has 3 heteroatoms. The van der Waals surface area contributed by atoms with E-state index in [1.54, 1.807) is 0 Å². The summed E-state index contributed by atoms with van der Waals surface area (Å²) in [6, 6.07) is 16.8. The minimum atomic E-state index is 0.509. The van der Waals surface area contributed by atoms with Gasteiger partial charge in [-0.3, -0.25) is 4.90 Å². The molecule has 0 aliphatic carbocycles. The summed E-state index contributed by atoms with van der Waals surface area (Å²) in [5, 5.41) is 0. The summed E-state index contributed by atoms with van der Waals surface area (Å²) in [6.45, 7) is 4.99. The lowest BCUT2D eigenvalue weighted by Crippen LogP contribution is -2.17. The number of benzene rings is 2. The van der Waals surface area contributed by atoms with E-state index in [2.05, 4.69) is 54.4 Å². The van der Waals surface area contributed by atoms with Crippen molar-refractivity contribution in [2.75, 3.05) is 13.7 Å². The Bertz CT molecular complexity index is 554. The van der Waals surface area contributed by atoms with Crippen LogP contribution < -0.4 is 10.5 Å². The van der Waals surface area contributed by atoms with Gasteiger partial charge in [0.25, 0.3) is 0 Å². The van der Waals surface area contributed by atoms with Crippen molar-refractivity contribution in [1.29, 1.82) is 0 Å². The third kappa shape index (κ3) is 4.59. The molecular formula is C18H24N2O. The third-order valence-corrected chi connectivity index (χ3v) is 3.40. The van der Waals surface area contributed by atoms with Gasteiger partial charge in [-0.2, -0.15) is 0 Å². The van der Waals surface area contributed by atoms with Gasteiger partial charge in [0.15, 0.2) is 0 Å². The Morgan fingerprint density at radius 3 is 2.38 bits per heavy atom. The van der Waals surface area contributed by atoms with Gasteiger partial charge in [-0.15, -0.1) is 0 Å². The molecule has 2 aromatic carbocycles. The lowest BCUT2D eigenvalue weighted by atomic mass is 10.1. The second-order valence-corrected chi connectivity index (χ2v) is 5.24. The standard InChI is InChI=1S/C18H24N2O/c1-3-21-18-11-16(9-10-17(18)12-19)14-20(2)13-15-7-5-4-6-8-15/h4-11H,3,12-14,19H2,1-2H3. The minimum absolute atomic E-state index is 0.509. The molecule has 2 aromatic rings. The van der Waals surface area contributed by atoms with Crippen LogP contribution in [-0.2, 0) is 19.6 Å². The van der Waals surface area contributed by atoms with Crippen LogP contribution in [0.4, 0.5) is 0 Å². The largest absolute Gasteiger partial charge is 0.494 e. The van der Waals surface area contributed by atoms with Gasteiger partial charge in [0.2, 0.25) is 0 Å². The molecule has 112 valence electrons. The van der Waals surface area contributed by atoms with E-state index in [1.807, 2.05) is 13.0 Å². The lowest BCUT2D eigenvalue weighted by molar-refractivity contribution is 0.315. The zero-order valence-corrected chi connectivity index (χ0v) is 12.9. The average Bonchev–Trinajstić information content (AvgIpc) is 2.49. The first kappa shape index (κ1) is 15.5. The van der Waals surface area contributed by atoms with E-state index < -0.39 is 0 Å². The van der Waals surface area contributed by atoms with Crippen molar-refractivity contribution < 1.29 is 4.74 Å². The Kier molecular flexibility index (Phi) is 5.78. The molecule has 0 radical (unpaired) electrons. The summed E-state index contributed by atoms with van der Waals surface area (Å²) in [5.74, 6) is 0.908. The van der Waals surface area contributed by atoms with Gasteiger partial charge in [0.1, 0.15) is 5.75 Å². The molecule has 0 bridgehead atoms. The van der Waals surface area contributed by atoms with Crippen LogP contribution in [0.3, 0.4) is 0 Å². The maximum Gasteiger partial charge on any atom is 0.124 e.